The Morgan fingerprint density at radius 1 is 0.966 bits per heavy atom. The minimum atomic E-state index is -0.942. The lowest BCUT2D eigenvalue weighted by Gasteiger charge is -2.26. The Kier molecular flexibility index (Phi) is 5.01. The number of amides is 4. The van der Waals surface area contributed by atoms with E-state index >= 15 is 0 Å². The standard InChI is InChI=1S/C21H13FN2O4S/c22-13-5-4-6-14(11-13)24-20(26)17(19(25)23-21(24)27)12-15-9-10-18(28-15)29-16-7-2-1-3-8-16/h1-12H,(H,23,25,27)/b17-12-. The summed E-state index contributed by atoms with van der Waals surface area (Å²) >= 11 is 1.38. The van der Waals surface area contributed by atoms with Gasteiger partial charge in [0.05, 0.1) is 5.69 Å². The minimum Gasteiger partial charge on any atom is -0.450 e. The summed E-state index contributed by atoms with van der Waals surface area (Å²) in [5.41, 5.74) is -0.273. The first-order valence-electron chi connectivity index (χ1n) is 8.51. The highest BCUT2D eigenvalue weighted by Crippen LogP contribution is 2.30. The van der Waals surface area contributed by atoms with Crippen molar-refractivity contribution in [3.63, 3.8) is 0 Å². The molecular formula is C21H13FN2O4S. The zero-order valence-corrected chi connectivity index (χ0v) is 15.6. The highest BCUT2D eigenvalue weighted by Gasteiger charge is 2.37. The van der Waals surface area contributed by atoms with E-state index in [0.29, 0.717) is 9.99 Å². The van der Waals surface area contributed by atoms with Crippen molar-refractivity contribution in [1.29, 1.82) is 0 Å². The molecule has 4 amide bonds. The molecule has 6 nitrogen and oxygen atoms in total. The van der Waals surface area contributed by atoms with Gasteiger partial charge in [-0.25, -0.2) is 14.1 Å². The molecule has 8 heteroatoms. The maximum atomic E-state index is 13.5. The van der Waals surface area contributed by atoms with E-state index in [1.165, 1.54) is 36.0 Å². The number of anilines is 1. The fourth-order valence-corrected chi connectivity index (χ4v) is 3.52. The smallest absolute Gasteiger partial charge is 0.335 e. The number of carbonyl (C=O) groups is 3. The van der Waals surface area contributed by atoms with E-state index in [1.807, 2.05) is 30.3 Å². The van der Waals surface area contributed by atoms with Crippen LogP contribution in [0.25, 0.3) is 6.08 Å². The van der Waals surface area contributed by atoms with Gasteiger partial charge in [0.1, 0.15) is 17.2 Å². The zero-order valence-electron chi connectivity index (χ0n) is 14.8. The molecule has 0 radical (unpaired) electrons. The van der Waals surface area contributed by atoms with Gasteiger partial charge >= 0.3 is 6.03 Å². The number of furan rings is 1. The number of nitrogens with zero attached hydrogens (tertiary/aromatic N) is 1. The fourth-order valence-electron chi connectivity index (χ4n) is 2.72. The minimum absolute atomic E-state index is 0.0191. The third-order valence-corrected chi connectivity index (χ3v) is 4.95. The SMILES string of the molecule is O=C1NC(=O)N(c2cccc(F)c2)C(=O)/C1=C\c1ccc(Sc2ccccc2)o1. The van der Waals surface area contributed by atoms with E-state index in [4.69, 9.17) is 4.42 Å². The quantitative estimate of drug-likeness (QED) is 0.516. The summed E-state index contributed by atoms with van der Waals surface area (Å²) in [6.45, 7) is 0. The molecule has 1 aliphatic heterocycles. The average molecular weight is 408 g/mol. The second kappa shape index (κ2) is 7.76. The zero-order chi connectivity index (χ0) is 20.4. The van der Waals surface area contributed by atoms with Crippen LogP contribution in [0.4, 0.5) is 14.9 Å². The molecule has 4 rings (SSSR count). The third-order valence-electron chi connectivity index (χ3n) is 4.02. The number of imide groups is 2. The van der Waals surface area contributed by atoms with Gasteiger partial charge in [-0.2, -0.15) is 0 Å². The Hall–Kier alpha value is -3.65. The summed E-state index contributed by atoms with van der Waals surface area (Å²) in [4.78, 5) is 38.8. The lowest BCUT2D eigenvalue weighted by Crippen LogP contribution is -2.54. The molecule has 3 aromatic rings. The normalized spacial score (nSPS) is 15.7. The monoisotopic (exact) mass is 408 g/mol. The van der Waals surface area contributed by atoms with Gasteiger partial charge in [-0.3, -0.25) is 14.9 Å². The predicted octanol–water partition coefficient (Wildman–Crippen LogP) is 4.24. The van der Waals surface area contributed by atoms with Crippen LogP contribution in [-0.4, -0.2) is 17.8 Å². The first-order chi connectivity index (χ1) is 14.0. The van der Waals surface area contributed by atoms with Gasteiger partial charge in [-0.15, -0.1) is 0 Å². The number of barbiturate groups is 1. The molecule has 0 saturated carbocycles. The van der Waals surface area contributed by atoms with Gasteiger partial charge < -0.3 is 4.42 Å². The molecule has 29 heavy (non-hydrogen) atoms. The van der Waals surface area contributed by atoms with E-state index in [9.17, 15) is 18.8 Å². The van der Waals surface area contributed by atoms with Crippen LogP contribution in [0.2, 0.25) is 0 Å². The molecule has 0 bridgehead atoms. The second-order valence-electron chi connectivity index (χ2n) is 6.01. The van der Waals surface area contributed by atoms with Gasteiger partial charge in [0.25, 0.3) is 11.8 Å². The van der Waals surface area contributed by atoms with E-state index < -0.39 is 23.7 Å². The van der Waals surface area contributed by atoms with Crippen LogP contribution >= 0.6 is 11.8 Å². The highest BCUT2D eigenvalue weighted by atomic mass is 32.2. The first kappa shape index (κ1) is 18.7. The third kappa shape index (κ3) is 3.97. The van der Waals surface area contributed by atoms with Gasteiger partial charge in [-0.05, 0) is 48.5 Å². The molecule has 2 aromatic carbocycles. The van der Waals surface area contributed by atoms with Crippen molar-refractivity contribution >= 4 is 41.4 Å². The van der Waals surface area contributed by atoms with Crippen LogP contribution in [0.3, 0.4) is 0 Å². The number of benzene rings is 2. The molecule has 0 unspecified atom stereocenters. The van der Waals surface area contributed by atoms with Crippen LogP contribution < -0.4 is 10.2 Å². The van der Waals surface area contributed by atoms with Crippen LogP contribution in [0.1, 0.15) is 5.76 Å². The Bertz CT molecular complexity index is 1140. The number of carbonyl (C=O) groups excluding carboxylic acids is 3. The summed E-state index contributed by atoms with van der Waals surface area (Å²) in [6.07, 6.45) is 1.26. The van der Waals surface area contributed by atoms with Crippen LogP contribution in [-0.2, 0) is 9.59 Å². The molecule has 1 fully saturated rings. The number of halogens is 1. The van der Waals surface area contributed by atoms with E-state index in [-0.39, 0.29) is 17.0 Å². The summed E-state index contributed by atoms with van der Waals surface area (Å²) < 4.78 is 19.2. The van der Waals surface area contributed by atoms with Crippen molar-refractivity contribution in [2.45, 2.75) is 9.99 Å². The number of nitrogens with one attached hydrogen (secondary N) is 1. The molecule has 0 spiro atoms. The maximum absolute atomic E-state index is 13.5. The molecule has 1 aliphatic rings. The second-order valence-corrected chi connectivity index (χ2v) is 7.09. The molecule has 144 valence electrons. The molecule has 1 aromatic heterocycles. The van der Waals surface area contributed by atoms with E-state index in [1.54, 1.807) is 12.1 Å². The topological polar surface area (TPSA) is 79.6 Å². The summed E-state index contributed by atoms with van der Waals surface area (Å²) in [7, 11) is 0. The van der Waals surface area contributed by atoms with Crippen molar-refractivity contribution in [3.8, 4) is 0 Å². The molecule has 1 N–H and O–H groups in total. The maximum Gasteiger partial charge on any atom is 0.335 e. The number of urea groups is 1. The lowest BCUT2D eigenvalue weighted by molar-refractivity contribution is -0.122. The average Bonchev–Trinajstić information content (AvgIpc) is 3.13. The first-order valence-corrected chi connectivity index (χ1v) is 9.33. The van der Waals surface area contributed by atoms with Gasteiger partial charge in [-0.1, -0.05) is 36.0 Å². The largest absolute Gasteiger partial charge is 0.450 e. The van der Waals surface area contributed by atoms with Gasteiger partial charge in [0.2, 0.25) is 0 Å². The Balaban J connectivity index is 1.61. The fraction of sp³-hybridized carbons (Fsp3) is 0. The van der Waals surface area contributed by atoms with Gasteiger partial charge in [0.15, 0.2) is 5.09 Å². The highest BCUT2D eigenvalue weighted by molar-refractivity contribution is 7.99. The van der Waals surface area contributed by atoms with Crippen molar-refractivity contribution < 1.29 is 23.2 Å². The van der Waals surface area contributed by atoms with Crippen molar-refractivity contribution in [2.75, 3.05) is 4.90 Å². The number of hydrogen-bond acceptors (Lipinski definition) is 5. The summed E-state index contributed by atoms with van der Waals surface area (Å²) in [5.74, 6) is -2.05. The summed E-state index contributed by atoms with van der Waals surface area (Å²) in [5, 5.41) is 2.66. The lowest BCUT2D eigenvalue weighted by atomic mass is 10.1. The number of hydrogen-bond donors (Lipinski definition) is 1. The van der Waals surface area contributed by atoms with E-state index in [2.05, 4.69) is 5.32 Å². The predicted molar refractivity (Wildman–Crippen MR) is 105 cm³/mol. The van der Waals surface area contributed by atoms with Crippen molar-refractivity contribution in [2.24, 2.45) is 0 Å². The van der Waals surface area contributed by atoms with Crippen LogP contribution in [0.5, 0.6) is 0 Å². The van der Waals surface area contributed by atoms with E-state index in [0.717, 1.165) is 11.0 Å². The van der Waals surface area contributed by atoms with Crippen molar-refractivity contribution in [1.82, 2.24) is 5.32 Å². The number of rotatable bonds is 4. The summed E-state index contributed by atoms with van der Waals surface area (Å²) in [6, 6.07) is 16.9. The van der Waals surface area contributed by atoms with Crippen molar-refractivity contribution in [3.05, 3.63) is 83.9 Å². The van der Waals surface area contributed by atoms with Crippen LogP contribution in [0, 0.1) is 5.82 Å². The van der Waals surface area contributed by atoms with Gasteiger partial charge in [0, 0.05) is 4.90 Å². The molecule has 0 atom stereocenters. The van der Waals surface area contributed by atoms with Crippen LogP contribution in [0.15, 0.2) is 86.7 Å². The Morgan fingerprint density at radius 2 is 1.76 bits per heavy atom. The Morgan fingerprint density at radius 3 is 2.52 bits per heavy atom. The molecule has 1 saturated heterocycles. The molecule has 2 heterocycles. The molecular weight excluding hydrogens is 395 g/mol. The molecule has 0 aliphatic carbocycles. The Labute approximate surface area is 169 Å².